The zero-order valence-electron chi connectivity index (χ0n) is 15.4. The summed E-state index contributed by atoms with van der Waals surface area (Å²) in [4.78, 5) is 14.8. The predicted molar refractivity (Wildman–Crippen MR) is 103 cm³/mol. The van der Waals surface area contributed by atoms with Crippen LogP contribution in [0, 0.1) is 12.7 Å². The van der Waals surface area contributed by atoms with E-state index in [1.54, 1.807) is 12.1 Å². The second-order valence-corrected chi connectivity index (χ2v) is 6.76. The van der Waals surface area contributed by atoms with Crippen molar-refractivity contribution in [3.8, 4) is 0 Å². The van der Waals surface area contributed by atoms with E-state index in [-0.39, 0.29) is 17.8 Å². The van der Waals surface area contributed by atoms with E-state index in [9.17, 15) is 9.18 Å². The fourth-order valence-corrected chi connectivity index (χ4v) is 3.54. The van der Waals surface area contributed by atoms with Crippen LogP contribution < -0.4 is 10.6 Å². The second-order valence-electron chi connectivity index (χ2n) is 6.76. The fourth-order valence-electron chi connectivity index (χ4n) is 3.54. The predicted octanol–water partition coefficient (Wildman–Crippen LogP) is 3.28. The molecule has 2 aromatic rings. The second kappa shape index (κ2) is 8.43. The number of carbonyl (C=O) groups is 1. The Bertz CT molecular complexity index is 778. The minimum Gasteiger partial charge on any atom is -0.324 e. The number of benzene rings is 2. The number of anilines is 1. The molecule has 1 amide bonds. The topological polar surface area (TPSA) is 44.4 Å². The van der Waals surface area contributed by atoms with Gasteiger partial charge < -0.3 is 10.6 Å². The summed E-state index contributed by atoms with van der Waals surface area (Å²) in [6.45, 7) is 6.67. The van der Waals surface area contributed by atoms with Gasteiger partial charge in [-0.05, 0) is 42.2 Å². The molecule has 0 aromatic heterocycles. The first-order valence-electron chi connectivity index (χ1n) is 9.17. The molecule has 26 heavy (non-hydrogen) atoms. The molecular formula is C21H26FN3O. The van der Waals surface area contributed by atoms with E-state index in [1.165, 1.54) is 6.07 Å². The van der Waals surface area contributed by atoms with Crippen molar-refractivity contribution in [3.05, 3.63) is 65.0 Å². The Morgan fingerprint density at radius 2 is 2.12 bits per heavy atom. The van der Waals surface area contributed by atoms with Crippen molar-refractivity contribution in [2.45, 2.75) is 26.3 Å². The van der Waals surface area contributed by atoms with E-state index in [2.05, 4.69) is 22.5 Å². The molecule has 2 aromatic carbocycles. The maximum Gasteiger partial charge on any atom is 0.238 e. The molecule has 1 saturated heterocycles. The molecular weight excluding hydrogens is 329 g/mol. The Balaban J connectivity index is 1.73. The van der Waals surface area contributed by atoms with Crippen LogP contribution in [0.4, 0.5) is 10.1 Å². The lowest BCUT2D eigenvalue weighted by Gasteiger charge is -2.36. The lowest BCUT2D eigenvalue weighted by Crippen LogP contribution is -2.48. The Kier molecular flexibility index (Phi) is 6.01. The largest absolute Gasteiger partial charge is 0.324 e. The number of halogens is 1. The summed E-state index contributed by atoms with van der Waals surface area (Å²) in [5, 5.41) is 6.42. The molecule has 0 saturated carbocycles. The fraction of sp³-hybridized carbons (Fsp3) is 0.381. The Labute approximate surface area is 154 Å². The highest BCUT2D eigenvalue weighted by Crippen LogP contribution is 2.24. The quantitative estimate of drug-likeness (QED) is 0.865. The van der Waals surface area contributed by atoms with Gasteiger partial charge in [-0.2, -0.15) is 0 Å². The number of para-hydroxylation sites is 1. The van der Waals surface area contributed by atoms with E-state index < -0.39 is 0 Å². The van der Waals surface area contributed by atoms with Crippen molar-refractivity contribution < 1.29 is 9.18 Å². The van der Waals surface area contributed by atoms with E-state index in [1.807, 2.05) is 31.2 Å². The molecule has 0 spiro atoms. The van der Waals surface area contributed by atoms with Crippen molar-refractivity contribution in [3.63, 3.8) is 0 Å². The van der Waals surface area contributed by atoms with Crippen LogP contribution in [0.2, 0.25) is 0 Å². The molecule has 0 bridgehead atoms. The van der Waals surface area contributed by atoms with Gasteiger partial charge in [0.2, 0.25) is 5.91 Å². The van der Waals surface area contributed by atoms with Crippen molar-refractivity contribution in [2.24, 2.45) is 0 Å². The SMILES string of the molecule is CCc1cccc(C)c1NC(=O)CN1CCNCC1c1cccc(F)c1. The van der Waals surface area contributed by atoms with E-state index in [0.717, 1.165) is 41.9 Å². The van der Waals surface area contributed by atoms with Gasteiger partial charge in [0, 0.05) is 31.4 Å². The van der Waals surface area contributed by atoms with Gasteiger partial charge in [-0.1, -0.05) is 37.3 Å². The molecule has 4 nitrogen and oxygen atoms in total. The maximum absolute atomic E-state index is 13.6. The van der Waals surface area contributed by atoms with Crippen LogP contribution in [0.1, 0.15) is 29.7 Å². The summed E-state index contributed by atoms with van der Waals surface area (Å²) in [6.07, 6.45) is 0.872. The molecule has 3 rings (SSSR count). The van der Waals surface area contributed by atoms with Gasteiger partial charge in [0.05, 0.1) is 6.54 Å². The number of rotatable bonds is 5. The van der Waals surface area contributed by atoms with Crippen LogP contribution in [0.5, 0.6) is 0 Å². The normalized spacial score (nSPS) is 17.9. The van der Waals surface area contributed by atoms with Gasteiger partial charge in [-0.15, -0.1) is 0 Å². The molecule has 138 valence electrons. The number of hydrogen-bond donors (Lipinski definition) is 2. The van der Waals surface area contributed by atoms with E-state index in [4.69, 9.17) is 0 Å². The maximum atomic E-state index is 13.6. The van der Waals surface area contributed by atoms with Crippen LogP contribution in [0.3, 0.4) is 0 Å². The van der Waals surface area contributed by atoms with Crippen LogP contribution in [-0.4, -0.2) is 37.0 Å². The average Bonchev–Trinajstić information content (AvgIpc) is 2.64. The van der Waals surface area contributed by atoms with E-state index in [0.29, 0.717) is 13.1 Å². The molecule has 1 fully saturated rings. The smallest absolute Gasteiger partial charge is 0.238 e. The standard InChI is InChI=1S/C21H26FN3O/c1-3-16-7-4-6-15(2)21(16)24-20(26)14-25-11-10-23-13-19(25)17-8-5-9-18(22)12-17/h4-9,12,19,23H,3,10-11,13-14H2,1-2H3,(H,24,26). The summed E-state index contributed by atoms with van der Waals surface area (Å²) in [7, 11) is 0. The van der Waals surface area contributed by atoms with Crippen molar-refractivity contribution in [1.29, 1.82) is 0 Å². The third-order valence-electron chi connectivity index (χ3n) is 4.94. The van der Waals surface area contributed by atoms with E-state index >= 15 is 0 Å². The minimum atomic E-state index is -0.245. The Morgan fingerprint density at radius 3 is 2.88 bits per heavy atom. The molecule has 0 aliphatic carbocycles. The third-order valence-corrected chi connectivity index (χ3v) is 4.94. The summed E-state index contributed by atoms with van der Waals surface area (Å²) < 4.78 is 13.6. The molecule has 5 heteroatoms. The van der Waals surface area contributed by atoms with Gasteiger partial charge >= 0.3 is 0 Å². The highest BCUT2D eigenvalue weighted by Gasteiger charge is 2.26. The van der Waals surface area contributed by atoms with Crippen molar-refractivity contribution >= 4 is 11.6 Å². The summed E-state index contributed by atoms with van der Waals surface area (Å²) >= 11 is 0. The van der Waals surface area contributed by atoms with Crippen LogP contribution in [-0.2, 0) is 11.2 Å². The van der Waals surface area contributed by atoms with Gasteiger partial charge in [-0.25, -0.2) is 4.39 Å². The molecule has 1 heterocycles. The van der Waals surface area contributed by atoms with Crippen LogP contribution in [0.15, 0.2) is 42.5 Å². The summed E-state index contributed by atoms with van der Waals surface area (Å²) in [6, 6.07) is 12.7. The van der Waals surface area contributed by atoms with Gasteiger partial charge in [0.15, 0.2) is 0 Å². The molecule has 2 N–H and O–H groups in total. The van der Waals surface area contributed by atoms with Crippen molar-refractivity contribution in [2.75, 3.05) is 31.5 Å². The molecule has 1 aliphatic rings. The first-order chi connectivity index (χ1) is 12.6. The zero-order valence-corrected chi connectivity index (χ0v) is 15.4. The molecule has 0 radical (unpaired) electrons. The highest BCUT2D eigenvalue weighted by atomic mass is 19.1. The number of nitrogens with one attached hydrogen (secondary N) is 2. The highest BCUT2D eigenvalue weighted by molar-refractivity contribution is 5.93. The molecule has 1 atom stereocenters. The summed E-state index contributed by atoms with van der Waals surface area (Å²) in [5.41, 5.74) is 4.02. The third kappa shape index (κ3) is 4.29. The lowest BCUT2D eigenvalue weighted by atomic mass is 10.0. The lowest BCUT2D eigenvalue weighted by molar-refractivity contribution is -0.118. The number of carbonyl (C=O) groups excluding carboxylic acids is 1. The summed E-state index contributed by atoms with van der Waals surface area (Å²) in [5.74, 6) is -0.276. The molecule has 1 unspecified atom stereocenters. The first kappa shape index (κ1) is 18.5. The average molecular weight is 355 g/mol. The van der Waals surface area contributed by atoms with Gasteiger partial charge in [0.25, 0.3) is 0 Å². The van der Waals surface area contributed by atoms with Crippen LogP contribution in [0.25, 0.3) is 0 Å². The monoisotopic (exact) mass is 355 g/mol. The van der Waals surface area contributed by atoms with Gasteiger partial charge in [0.1, 0.15) is 5.82 Å². The molecule has 1 aliphatic heterocycles. The minimum absolute atomic E-state index is 0.00674. The number of nitrogens with zero attached hydrogens (tertiary/aromatic N) is 1. The first-order valence-corrected chi connectivity index (χ1v) is 9.17. The number of aryl methyl sites for hydroxylation is 2. The number of piperazine rings is 1. The number of amides is 1. The van der Waals surface area contributed by atoms with Crippen molar-refractivity contribution in [1.82, 2.24) is 10.2 Å². The Hall–Kier alpha value is -2.24. The number of hydrogen-bond acceptors (Lipinski definition) is 3. The Morgan fingerprint density at radius 1 is 1.31 bits per heavy atom. The van der Waals surface area contributed by atoms with Crippen LogP contribution >= 0.6 is 0 Å². The zero-order chi connectivity index (χ0) is 18.5. The van der Waals surface area contributed by atoms with Gasteiger partial charge in [-0.3, -0.25) is 9.69 Å².